The lowest BCUT2D eigenvalue weighted by molar-refractivity contribution is 0.0635. The number of nitrogens with zero attached hydrogens (tertiary/aromatic N) is 1. The molecular formula is C17H18ClNO3. The fourth-order valence-corrected chi connectivity index (χ4v) is 2.38. The van der Waals surface area contributed by atoms with Gasteiger partial charge in [-0.1, -0.05) is 48.0 Å². The fraction of sp³-hybridized carbons (Fsp3) is 0.235. The van der Waals surface area contributed by atoms with Crippen molar-refractivity contribution in [3.8, 4) is 5.75 Å². The average molecular weight is 320 g/mol. The average Bonchev–Trinajstić information content (AvgIpc) is 2.48. The van der Waals surface area contributed by atoms with Crippen LogP contribution in [0.2, 0.25) is 0 Å². The van der Waals surface area contributed by atoms with Crippen LogP contribution in [0.25, 0.3) is 0 Å². The van der Waals surface area contributed by atoms with Gasteiger partial charge in [-0.05, 0) is 38.1 Å². The van der Waals surface area contributed by atoms with Crippen LogP contribution in [0.15, 0.2) is 60.7 Å². The minimum atomic E-state index is -0.767. The lowest BCUT2D eigenvalue weighted by Gasteiger charge is -2.32. The molecule has 2 aromatic carbocycles. The van der Waals surface area contributed by atoms with Crippen molar-refractivity contribution in [2.75, 3.05) is 4.90 Å². The topological polar surface area (TPSA) is 38.8 Å². The molecule has 0 saturated carbocycles. The Morgan fingerprint density at radius 2 is 1.55 bits per heavy atom. The molecule has 0 amide bonds. The second-order valence-corrected chi connectivity index (χ2v) is 5.33. The highest BCUT2D eigenvalue weighted by molar-refractivity contribution is 6.21. The van der Waals surface area contributed by atoms with Crippen LogP contribution >= 0.6 is 11.6 Å². The van der Waals surface area contributed by atoms with Crippen molar-refractivity contribution in [2.24, 2.45) is 0 Å². The maximum atomic E-state index is 11.9. The fourth-order valence-electron chi connectivity index (χ4n) is 2.11. The summed E-state index contributed by atoms with van der Waals surface area (Å²) < 4.78 is 10.4. The molecule has 116 valence electrons. The molecular weight excluding hydrogens is 302 g/mol. The third-order valence-electron chi connectivity index (χ3n) is 3.04. The summed E-state index contributed by atoms with van der Waals surface area (Å²) in [6.45, 7) is 3.56. The zero-order valence-electron chi connectivity index (χ0n) is 12.5. The van der Waals surface area contributed by atoms with Crippen molar-refractivity contribution in [1.29, 1.82) is 0 Å². The molecule has 2 rings (SSSR count). The number of carbonyl (C=O) groups is 1. The van der Waals surface area contributed by atoms with Gasteiger partial charge in [-0.3, -0.25) is 0 Å². The van der Waals surface area contributed by atoms with Crippen LogP contribution in [0.4, 0.5) is 10.5 Å². The third kappa shape index (κ3) is 4.40. The standard InChI is InChI=1S/C17H18ClNO3/c1-13(18)19(15-9-5-3-6-10-15)14(2)21-17(20)22-16-11-7-4-8-12-16/h3-14H,1-2H3. The summed E-state index contributed by atoms with van der Waals surface area (Å²) in [5, 5.41) is 0. The van der Waals surface area contributed by atoms with E-state index in [2.05, 4.69) is 0 Å². The number of rotatable bonds is 5. The van der Waals surface area contributed by atoms with Crippen LogP contribution in [-0.4, -0.2) is 17.9 Å². The van der Waals surface area contributed by atoms with E-state index in [0.717, 1.165) is 5.69 Å². The zero-order chi connectivity index (χ0) is 15.9. The number of hydrogen-bond acceptors (Lipinski definition) is 4. The van der Waals surface area contributed by atoms with Gasteiger partial charge in [0.15, 0.2) is 6.23 Å². The molecule has 0 heterocycles. The predicted molar refractivity (Wildman–Crippen MR) is 87.2 cm³/mol. The molecule has 5 heteroatoms. The highest BCUT2D eigenvalue weighted by Gasteiger charge is 2.23. The number of para-hydroxylation sites is 2. The first-order valence-corrected chi connectivity index (χ1v) is 7.42. The van der Waals surface area contributed by atoms with E-state index in [1.54, 1.807) is 36.1 Å². The van der Waals surface area contributed by atoms with Gasteiger partial charge in [-0.2, -0.15) is 0 Å². The number of hydrogen-bond donors (Lipinski definition) is 0. The van der Waals surface area contributed by atoms with Gasteiger partial charge in [-0.15, -0.1) is 0 Å². The van der Waals surface area contributed by atoms with Crippen LogP contribution in [0.1, 0.15) is 13.8 Å². The summed E-state index contributed by atoms with van der Waals surface area (Å²) in [7, 11) is 0. The van der Waals surface area contributed by atoms with E-state index in [9.17, 15) is 4.79 Å². The maximum Gasteiger partial charge on any atom is 0.515 e. The van der Waals surface area contributed by atoms with Crippen molar-refractivity contribution in [2.45, 2.75) is 25.6 Å². The van der Waals surface area contributed by atoms with Gasteiger partial charge >= 0.3 is 6.16 Å². The van der Waals surface area contributed by atoms with Crippen molar-refractivity contribution < 1.29 is 14.3 Å². The van der Waals surface area contributed by atoms with E-state index < -0.39 is 12.4 Å². The molecule has 2 aromatic rings. The molecule has 0 aliphatic heterocycles. The van der Waals surface area contributed by atoms with Gasteiger partial charge in [0.05, 0.1) is 0 Å². The first-order valence-electron chi connectivity index (χ1n) is 6.99. The van der Waals surface area contributed by atoms with Crippen molar-refractivity contribution in [3.05, 3.63) is 60.7 Å². The second kappa shape index (κ2) is 7.71. The summed E-state index contributed by atoms with van der Waals surface area (Å²) in [5.41, 5.74) is 0.520. The molecule has 0 radical (unpaired) electrons. The van der Waals surface area contributed by atoms with Gasteiger partial charge in [0.1, 0.15) is 11.3 Å². The van der Waals surface area contributed by atoms with E-state index in [1.165, 1.54) is 0 Å². The van der Waals surface area contributed by atoms with Crippen molar-refractivity contribution in [1.82, 2.24) is 0 Å². The lowest BCUT2D eigenvalue weighted by atomic mass is 10.3. The largest absolute Gasteiger partial charge is 0.515 e. The number of ether oxygens (including phenoxy) is 2. The lowest BCUT2D eigenvalue weighted by Crippen LogP contribution is -2.41. The highest BCUT2D eigenvalue weighted by atomic mass is 35.5. The van der Waals surface area contributed by atoms with E-state index in [-0.39, 0.29) is 5.50 Å². The first-order chi connectivity index (χ1) is 10.6. The van der Waals surface area contributed by atoms with Crippen molar-refractivity contribution in [3.63, 3.8) is 0 Å². The highest BCUT2D eigenvalue weighted by Crippen LogP contribution is 2.22. The predicted octanol–water partition coefficient (Wildman–Crippen LogP) is 4.64. The van der Waals surface area contributed by atoms with Crippen LogP contribution in [-0.2, 0) is 4.74 Å². The van der Waals surface area contributed by atoms with Crippen molar-refractivity contribution >= 4 is 23.4 Å². The number of carbonyl (C=O) groups excluding carboxylic acids is 1. The Balaban J connectivity index is 2.02. The third-order valence-corrected chi connectivity index (χ3v) is 3.25. The number of halogens is 1. The smallest absolute Gasteiger partial charge is 0.410 e. The number of anilines is 1. The Morgan fingerprint density at radius 3 is 2.09 bits per heavy atom. The summed E-state index contributed by atoms with van der Waals surface area (Å²) in [5.74, 6) is 0.435. The molecule has 2 unspecified atom stereocenters. The minimum Gasteiger partial charge on any atom is -0.410 e. The quantitative estimate of drug-likeness (QED) is 0.264. The van der Waals surface area contributed by atoms with Gasteiger partial charge in [-0.25, -0.2) is 4.79 Å². The normalized spacial score (nSPS) is 13.0. The summed E-state index contributed by atoms with van der Waals surface area (Å²) in [6, 6.07) is 18.3. The van der Waals surface area contributed by atoms with Gasteiger partial charge in [0.25, 0.3) is 0 Å². The molecule has 0 saturated heterocycles. The first kappa shape index (κ1) is 16.2. The van der Waals surface area contributed by atoms with E-state index >= 15 is 0 Å². The van der Waals surface area contributed by atoms with E-state index in [4.69, 9.17) is 21.1 Å². The molecule has 0 aliphatic carbocycles. The molecule has 22 heavy (non-hydrogen) atoms. The number of benzene rings is 2. The molecule has 0 spiro atoms. The summed E-state index contributed by atoms with van der Waals surface area (Å²) >= 11 is 6.21. The Labute approximate surface area is 135 Å². The van der Waals surface area contributed by atoms with Crippen LogP contribution in [0.5, 0.6) is 5.75 Å². The van der Waals surface area contributed by atoms with E-state index in [1.807, 2.05) is 43.3 Å². The SMILES string of the molecule is CC(Cl)N(c1ccccc1)C(C)OC(=O)Oc1ccccc1. The van der Waals surface area contributed by atoms with Gasteiger partial charge in [0, 0.05) is 5.69 Å². The molecule has 4 nitrogen and oxygen atoms in total. The molecule has 0 N–H and O–H groups in total. The van der Waals surface area contributed by atoms with Gasteiger partial charge < -0.3 is 14.4 Å². The monoisotopic (exact) mass is 319 g/mol. The minimum absolute atomic E-state index is 0.345. The summed E-state index contributed by atoms with van der Waals surface area (Å²) in [6.07, 6.45) is -1.33. The molecule has 0 aromatic heterocycles. The van der Waals surface area contributed by atoms with Crippen LogP contribution in [0, 0.1) is 0 Å². The van der Waals surface area contributed by atoms with Gasteiger partial charge in [0.2, 0.25) is 0 Å². The molecule has 0 bridgehead atoms. The Kier molecular flexibility index (Phi) is 5.67. The Hall–Kier alpha value is -2.20. The van der Waals surface area contributed by atoms with Crippen LogP contribution < -0.4 is 9.64 Å². The maximum absolute atomic E-state index is 11.9. The summed E-state index contributed by atoms with van der Waals surface area (Å²) in [4.78, 5) is 13.7. The molecule has 0 fully saturated rings. The molecule has 2 atom stereocenters. The molecule has 0 aliphatic rings. The second-order valence-electron chi connectivity index (χ2n) is 4.70. The Morgan fingerprint density at radius 1 is 1.00 bits per heavy atom. The van der Waals surface area contributed by atoms with Crippen LogP contribution in [0.3, 0.4) is 0 Å². The Bertz CT molecular complexity index is 589. The number of alkyl halides is 1. The zero-order valence-corrected chi connectivity index (χ0v) is 13.2. The van der Waals surface area contributed by atoms with E-state index in [0.29, 0.717) is 5.75 Å².